The minimum absolute atomic E-state index is 0. The first-order chi connectivity index (χ1) is 9.08. The molecule has 20 heavy (non-hydrogen) atoms. The molecule has 0 amide bonds. The first-order valence-corrected chi connectivity index (χ1v) is 7.96. The highest BCUT2D eigenvalue weighted by molar-refractivity contribution is 7.99. The zero-order valence-corrected chi connectivity index (χ0v) is 14.0. The fraction of sp³-hybridized carbons (Fsp3) is 0.308. The summed E-state index contributed by atoms with van der Waals surface area (Å²) in [5.74, 6) is 0.506. The van der Waals surface area contributed by atoms with Crippen LogP contribution in [0.15, 0.2) is 34.6 Å². The molecule has 7 heteroatoms. The highest BCUT2D eigenvalue weighted by Crippen LogP contribution is 2.33. The highest BCUT2D eigenvalue weighted by Gasteiger charge is 2.12. The second kappa shape index (κ2) is 7.71. The molecule has 0 aliphatic heterocycles. The lowest BCUT2D eigenvalue weighted by Crippen LogP contribution is -1.99. The molecule has 4 nitrogen and oxygen atoms in total. The van der Waals surface area contributed by atoms with Crippen LogP contribution in [-0.4, -0.2) is 21.2 Å². The van der Waals surface area contributed by atoms with Gasteiger partial charge in [0.2, 0.25) is 0 Å². The normalized spacial score (nSPS) is 11.8. The van der Waals surface area contributed by atoms with Gasteiger partial charge in [-0.25, -0.2) is 9.97 Å². The van der Waals surface area contributed by atoms with Crippen molar-refractivity contribution in [1.82, 2.24) is 15.0 Å². The van der Waals surface area contributed by atoms with Gasteiger partial charge in [0, 0.05) is 12.3 Å². The molecular formula is C13H17ClN4S2. The van der Waals surface area contributed by atoms with Gasteiger partial charge in [0.25, 0.3) is 0 Å². The Kier molecular flexibility index (Phi) is 6.58. The molecule has 0 bridgehead atoms. The van der Waals surface area contributed by atoms with E-state index in [2.05, 4.69) is 34.9 Å². The van der Waals surface area contributed by atoms with Crippen LogP contribution in [-0.2, 0) is 0 Å². The first-order valence-electron chi connectivity index (χ1n) is 5.86. The number of hydrogen-bond acceptors (Lipinski definition) is 6. The maximum atomic E-state index is 5.78. The highest BCUT2D eigenvalue weighted by atomic mass is 35.5. The van der Waals surface area contributed by atoms with Crippen molar-refractivity contribution in [2.75, 3.05) is 12.0 Å². The number of halogens is 1. The minimum Gasteiger partial charge on any atom is -0.384 e. The van der Waals surface area contributed by atoms with Crippen LogP contribution >= 0.6 is 35.9 Å². The third kappa shape index (κ3) is 4.54. The smallest absolute Gasteiger partial charge is 0.191 e. The Morgan fingerprint density at radius 3 is 2.65 bits per heavy atom. The summed E-state index contributed by atoms with van der Waals surface area (Å²) in [7, 11) is 0. The zero-order chi connectivity index (χ0) is 13.8. The van der Waals surface area contributed by atoms with Gasteiger partial charge in [0.15, 0.2) is 5.16 Å². The number of aryl methyl sites for hydroxylation is 1. The third-order valence-electron chi connectivity index (χ3n) is 2.55. The molecular weight excluding hydrogens is 312 g/mol. The predicted molar refractivity (Wildman–Crippen MR) is 88.7 cm³/mol. The van der Waals surface area contributed by atoms with Gasteiger partial charge in [-0.1, -0.05) is 11.8 Å². The van der Waals surface area contributed by atoms with Crippen molar-refractivity contribution in [2.45, 2.75) is 29.3 Å². The second-order valence-electron chi connectivity index (χ2n) is 4.14. The molecule has 0 saturated carbocycles. The largest absolute Gasteiger partial charge is 0.384 e. The van der Waals surface area contributed by atoms with E-state index in [4.69, 9.17) is 5.73 Å². The number of anilines is 1. The third-order valence-corrected chi connectivity index (χ3v) is 4.16. The first kappa shape index (κ1) is 17.1. The molecule has 2 heterocycles. The van der Waals surface area contributed by atoms with Crippen LogP contribution in [0.2, 0.25) is 0 Å². The molecule has 0 fully saturated rings. The van der Waals surface area contributed by atoms with Crippen molar-refractivity contribution in [1.29, 1.82) is 0 Å². The van der Waals surface area contributed by atoms with Gasteiger partial charge < -0.3 is 5.73 Å². The maximum Gasteiger partial charge on any atom is 0.191 e. The molecule has 1 atom stereocenters. The van der Waals surface area contributed by atoms with Gasteiger partial charge in [0.05, 0.1) is 10.9 Å². The number of hydrogen-bond donors (Lipinski definition) is 1. The molecule has 0 aliphatic rings. The molecule has 1 unspecified atom stereocenters. The number of aromatic nitrogens is 3. The van der Waals surface area contributed by atoms with Crippen molar-refractivity contribution in [3.05, 3.63) is 35.7 Å². The molecule has 2 rings (SSSR count). The van der Waals surface area contributed by atoms with Crippen LogP contribution in [0.5, 0.6) is 0 Å². The molecule has 0 aliphatic carbocycles. The SMILES string of the molecule is CSc1cc(N)nc(SC(C)c2cc(C)ccn2)n1.Cl. The Hall–Kier alpha value is -0.980. The Balaban J connectivity index is 0.00000200. The van der Waals surface area contributed by atoms with E-state index in [1.807, 2.05) is 18.5 Å². The predicted octanol–water partition coefficient (Wildman–Crippen LogP) is 3.76. The summed E-state index contributed by atoms with van der Waals surface area (Å²) in [4.78, 5) is 13.1. The fourth-order valence-corrected chi connectivity index (χ4v) is 2.93. The van der Waals surface area contributed by atoms with Gasteiger partial charge >= 0.3 is 0 Å². The Morgan fingerprint density at radius 1 is 1.25 bits per heavy atom. The second-order valence-corrected chi connectivity index (χ2v) is 6.27. The molecule has 0 aromatic carbocycles. The molecule has 2 aromatic rings. The Labute approximate surface area is 133 Å². The number of rotatable bonds is 4. The topological polar surface area (TPSA) is 64.7 Å². The van der Waals surface area contributed by atoms with Gasteiger partial charge in [-0.3, -0.25) is 4.98 Å². The van der Waals surface area contributed by atoms with Crippen molar-refractivity contribution in [2.24, 2.45) is 0 Å². The zero-order valence-electron chi connectivity index (χ0n) is 11.5. The quantitative estimate of drug-likeness (QED) is 0.523. The summed E-state index contributed by atoms with van der Waals surface area (Å²) in [5, 5.41) is 1.77. The van der Waals surface area contributed by atoms with Crippen LogP contribution in [0.25, 0.3) is 0 Å². The lowest BCUT2D eigenvalue weighted by molar-refractivity contribution is 0.887. The van der Waals surface area contributed by atoms with E-state index >= 15 is 0 Å². The van der Waals surface area contributed by atoms with Crippen LogP contribution in [0.4, 0.5) is 5.82 Å². The van der Waals surface area contributed by atoms with Gasteiger partial charge in [-0.2, -0.15) is 0 Å². The van der Waals surface area contributed by atoms with Crippen LogP contribution in [0.3, 0.4) is 0 Å². The summed E-state index contributed by atoms with van der Waals surface area (Å²) in [6.07, 6.45) is 3.80. The lowest BCUT2D eigenvalue weighted by atomic mass is 10.2. The van der Waals surface area contributed by atoms with Crippen LogP contribution < -0.4 is 5.73 Å². The standard InChI is InChI=1S/C13H16N4S2.ClH/c1-8-4-5-15-10(6-8)9(2)19-13-16-11(14)7-12(17-13)18-3;/h4-7,9H,1-3H3,(H2,14,16,17);1H. The van der Waals surface area contributed by atoms with Crippen LogP contribution in [0, 0.1) is 6.92 Å². The summed E-state index contributed by atoms with van der Waals surface area (Å²) < 4.78 is 0. The molecule has 0 saturated heterocycles. The van der Waals surface area contributed by atoms with Crippen molar-refractivity contribution in [3.8, 4) is 0 Å². The van der Waals surface area contributed by atoms with Gasteiger partial charge in [-0.15, -0.1) is 24.2 Å². The minimum atomic E-state index is 0. The monoisotopic (exact) mass is 328 g/mol. The average molecular weight is 329 g/mol. The molecule has 0 spiro atoms. The maximum absolute atomic E-state index is 5.78. The number of nitrogen functional groups attached to an aromatic ring is 1. The molecule has 2 aromatic heterocycles. The number of pyridine rings is 1. The van der Waals surface area contributed by atoms with Crippen molar-refractivity contribution >= 4 is 41.7 Å². The molecule has 2 N–H and O–H groups in total. The Morgan fingerprint density at radius 2 is 2.00 bits per heavy atom. The number of thioether (sulfide) groups is 2. The average Bonchev–Trinajstić information content (AvgIpc) is 2.38. The van der Waals surface area contributed by atoms with E-state index in [-0.39, 0.29) is 17.7 Å². The summed E-state index contributed by atoms with van der Waals surface area (Å²) in [6.45, 7) is 4.16. The van der Waals surface area contributed by atoms with Gasteiger partial charge in [0.1, 0.15) is 10.8 Å². The summed E-state index contributed by atoms with van der Waals surface area (Å²) >= 11 is 3.13. The van der Waals surface area contributed by atoms with Crippen molar-refractivity contribution < 1.29 is 0 Å². The van der Waals surface area contributed by atoms with E-state index < -0.39 is 0 Å². The fourth-order valence-electron chi connectivity index (χ4n) is 1.58. The molecule has 0 radical (unpaired) electrons. The number of nitrogens with two attached hydrogens (primary N) is 1. The van der Waals surface area contributed by atoms with Gasteiger partial charge in [-0.05, 0) is 37.8 Å². The summed E-state index contributed by atoms with van der Waals surface area (Å²) in [5.41, 5.74) is 8.01. The van der Waals surface area contributed by atoms with E-state index in [0.717, 1.165) is 10.7 Å². The van der Waals surface area contributed by atoms with E-state index in [9.17, 15) is 0 Å². The van der Waals surface area contributed by atoms with E-state index in [1.165, 1.54) is 5.56 Å². The lowest BCUT2D eigenvalue weighted by Gasteiger charge is -2.11. The Bertz CT molecular complexity index is 580. The van der Waals surface area contributed by atoms with Crippen molar-refractivity contribution in [3.63, 3.8) is 0 Å². The molecule has 108 valence electrons. The van der Waals surface area contributed by atoms with E-state index in [0.29, 0.717) is 11.0 Å². The number of nitrogens with zero attached hydrogens (tertiary/aromatic N) is 3. The van der Waals surface area contributed by atoms with Crippen LogP contribution in [0.1, 0.15) is 23.4 Å². The summed E-state index contributed by atoms with van der Waals surface area (Å²) in [6, 6.07) is 5.85. The van der Waals surface area contributed by atoms with E-state index in [1.54, 1.807) is 29.6 Å².